The molecule has 0 saturated carbocycles. The zero-order chi connectivity index (χ0) is 13.1. The van der Waals surface area contributed by atoms with Crippen molar-refractivity contribution in [3.63, 3.8) is 0 Å². The van der Waals surface area contributed by atoms with Crippen LogP contribution in [0.1, 0.15) is 5.56 Å². The molecule has 92 valence electrons. The van der Waals surface area contributed by atoms with E-state index in [1.54, 1.807) is 12.3 Å². The van der Waals surface area contributed by atoms with Gasteiger partial charge in [0.15, 0.2) is 0 Å². The summed E-state index contributed by atoms with van der Waals surface area (Å²) in [6.45, 7) is 0. The molecule has 0 aliphatic rings. The molecule has 0 aliphatic carbocycles. The van der Waals surface area contributed by atoms with E-state index < -0.39 is 0 Å². The van der Waals surface area contributed by atoms with Crippen LogP contribution in [0.5, 0.6) is 0 Å². The SMILES string of the molecule is NC(=S)c1ccc(Nc2ccc(Br)cc2Cl)nc1. The van der Waals surface area contributed by atoms with Crippen LogP contribution in [0.15, 0.2) is 41.0 Å². The highest BCUT2D eigenvalue weighted by Crippen LogP contribution is 2.27. The number of anilines is 2. The molecule has 2 rings (SSSR count). The number of pyridine rings is 1. The Morgan fingerprint density at radius 3 is 2.67 bits per heavy atom. The highest BCUT2D eigenvalue weighted by atomic mass is 79.9. The number of halogens is 2. The number of hydrogen-bond acceptors (Lipinski definition) is 3. The van der Waals surface area contributed by atoms with Crippen molar-refractivity contribution in [2.75, 3.05) is 5.32 Å². The van der Waals surface area contributed by atoms with E-state index in [0.29, 0.717) is 15.8 Å². The maximum absolute atomic E-state index is 6.10. The molecule has 0 amide bonds. The number of nitrogens with zero attached hydrogens (tertiary/aromatic N) is 1. The molecule has 18 heavy (non-hydrogen) atoms. The summed E-state index contributed by atoms with van der Waals surface area (Å²) in [5.74, 6) is 0.680. The van der Waals surface area contributed by atoms with Crippen molar-refractivity contribution in [1.82, 2.24) is 4.98 Å². The predicted octanol–water partition coefficient (Wildman–Crippen LogP) is 3.88. The largest absolute Gasteiger partial charge is 0.389 e. The van der Waals surface area contributed by atoms with Crippen LogP contribution in [0.4, 0.5) is 11.5 Å². The van der Waals surface area contributed by atoms with Crippen molar-refractivity contribution in [3.05, 3.63) is 51.6 Å². The standard InChI is InChI=1S/C12H9BrClN3S/c13-8-2-3-10(9(14)5-8)17-11-4-1-7(6-16-11)12(15)18/h1-6H,(H2,15,18)(H,16,17). The van der Waals surface area contributed by atoms with Crippen LogP contribution < -0.4 is 11.1 Å². The molecule has 0 spiro atoms. The molecule has 0 radical (unpaired) electrons. The lowest BCUT2D eigenvalue weighted by molar-refractivity contribution is 1.30. The van der Waals surface area contributed by atoms with Crippen LogP contribution in [-0.2, 0) is 0 Å². The summed E-state index contributed by atoms with van der Waals surface area (Å²) in [4.78, 5) is 4.54. The number of benzene rings is 1. The van der Waals surface area contributed by atoms with Crippen molar-refractivity contribution in [1.29, 1.82) is 0 Å². The lowest BCUT2D eigenvalue weighted by Gasteiger charge is -2.08. The maximum Gasteiger partial charge on any atom is 0.130 e. The molecule has 1 aromatic carbocycles. The van der Waals surface area contributed by atoms with Crippen molar-refractivity contribution >= 4 is 56.2 Å². The molecule has 0 unspecified atom stereocenters. The molecule has 0 bridgehead atoms. The van der Waals surface area contributed by atoms with Gasteiger partial charge in [0.1, 0.15) is 10.8 Å². The van der Waals surface area contributed by atoms with Crippen LogP contribution in [0, 0.1) is 0 Å². The van der Waals surface area contributed by atoms with Gasteiger partial charge in [0, 0.05) is 16.2 Å². The van der Waals surface area contributed by atoms with Crippen LogP contribution in [0.3, 0.4) is 0 Å². The Balaban J connectivity index is 2.21. The van der Waals surface area contributed by atoms with Gasteiger partial charge in [0.05, 0.1) is 10.7 Å². The van der Waals surface area contributed by atoms with Crippen LogP contribution in [0.25, 0.3) is 0 Å². The fraction of sp³-hybridized carbons (Fsp3) is 0. The Kier molecular flexibility index (Phi) is 4.16. The molecule has 1 heterocycles. The van der Waals surface area contributed by atoms with Crippen molar-refractivity contribution in [2.45, 2.75) is 0 Å². The van der Waals surface area contributed by atoms with E-state index in [1.165, 1.54) is 0 Å². The molecule has 0 fully saturated rings. The van der Waals surface area contributed by atoms with Gasteiger partial charge in [-0.2, -0.15) is 0 Å². The summed E-state index contributed by atoms with van der Waals surface area (Å²) in [5, 5.41) is 3.73. The molecule has 2 aromatic rings. The van der Waals surface area contributed by atoms with Gasteiger partial charge in [0.25, 0.3) is 0 Å². The van der Waals surface area contributed by atoms with Crippen LogP contribution in [0.2, 0.25) is 5.02 Å². The van der Waals surface area contributed by atoms with Crippen LogP contribution in [-0.4, -0.2) is 9.97 Å². The number of thiocarbonyl (C=S) groups is 1. The number of nitrogens with two attached hydrogens (primary N) is 1. The molecule has 3 N–H and O–H groups in total. The minimum absolute atomic E-state index is 0.329. The van der Waals surface area contributed by atoms with Crippen molar-refractivity contribution < 1.29 is 0 Å². The Morgan fingerprint density at radius 1 is 1.33 bits per heavy atom. The third-order valence-corrected chi connectivity index (χ3v) is 3.28. The topological polar surface area (TPSA) is 50.9 Å². The number of rotatable bonds is 3. The fourth-order valence-corrected chi connectivity index (χ4v) is 2.18. The quantitative estimate of drug-likeness (QED) is 0.831. The van der Waals surface area contributed by atoms with E-state index in [-0.39, 0.29) is 0 Å². The minimum Gasteiger partial charge on any atom is -0.389 e. The third-order valence-electron chi connectivity index (χ3n) is 2.24. The summed E-state index contributed by atoms with van der Waals surface area (Å²) in [6, 6.07) is 9.19. The van der Waals surface area contributed by atoms with E-state index >= 15 is 0 Å². The number of aromatic nitrogens is 1. The first-order valence-electron chi connectivity index (χ1n) is 5.04. The molecular formula is C12H9BrClN3S. The highest BCUT2D eigenvalue weighted by Gasteiger charge is 2.03. The molecule has 0 saturated heterocycles. The lowest BCUT2D eigenvalue weighted by Crippen LogP contribution is -2.09. The van der Waals surface area contributed by atoms with Gasteiger partial charge in [0.2, 0.25) is 0 Å². The first-order chi connectivity index (χ1) is 8.56. The molecule has 0 aliphatic heterocycles. The smallest absolute Gasteiger partial charge is 0.130 e. The molecular weight excluding hydrogens is 334 g/mol. The predicted molar refractivity (Wildman–Crippen MR) is 82.6 cm³/mol. The average Bonchev–Trinajstić information content (AvgIpc) is 2.33. The monoisotopic (exact) mass is 341 g/mol. The third kappa shape index (κ3) is 3.19. The summed E-state index contributed by atoms with van der Waals surface area (Å²) in [7, 11) is 0. The molecule has 1 aromatic heterocycles. The van der Waals surface area contributed by atoms with E-state index in [2.05, 4.69) is 26.2 Å². The highest BCUT2D eigenvalue weighted by molar-refractivity contribution is 9.10. The summed E-state index contributed by atoms with van der Waals surface area (Å²) < 4.78 is 0.926. The zero-order valence-electron chi connectivity index (χ0n) is 9.15. The summed E-state index contributed by atoms with van der Waals surface area (Å²) in [5.41, 5.74) is 7.02. The van der Waals surface area contributed by atoms with Crippen molar-refractivity contribution in [2.24, 2.45) is 5.73 Å². The van der Waals surface area contributed by atoms with E-state index in [4.69, 9.17) is 29.6 Å². The Labute approximate surface area is 123 Å². The van der Waals surface area contributed by atoms with Crippen LogP contribution >= 0.6 is 39.7 Å². The van der Waals surface area contributed by atoms with Gasteiger partial charge in [-0.3, -0.25) is 0 Å². The van der Waals surface area contributed by atoms with Gasteiger partial charge in [-0.15, -0.1) is 0 Å². The maximum atomic E-state index is 6.10. The normalized spacial score (nSPS) is 10.1. The Bertz CT molecular complexity index is 586. The van der Waals surface area contributed by atoms with E-state index in [0.717, 1.165) is 15.7 Å². The number of nitrogens with one attached hydrogen (secondary N) is 1. The van der Waals surface area contributed by atoms with Gasteiger partial charge >= 0.3 is 0 Å². The second-order valence-electron chi connectivity index (χ2n) is 3.55. The van der Waals surface area contributed by atoms with Gasteiger partial charge in [-0.25, -0.2) is 4.98 Å². The summed E-state index contributed by atoms with van der Waals surface area (Å²) in [6.07, 6.45) is 1.62. The minimum atomic E-state index is 0.329. The van der Waals surface area contributed by atoms with E-state index in [1.807, 2.05) is 24.3 Å². The summed E-state index contributed by atoms with van der Waals surface area (Å²) >= 11 is 14.3. The van der Waals surface area contributed by atoms with E-state index in [9.17, 15) is 0 Å². The fourth-order valence-electron chi connectivity index (χ4n) is 1.34. The van der Waals surface area contributed by atoms with Gasteiger partial charge in [-0.1, -0.05) is 39.7 Å². The second-order valence-corrected chi connectivity index (χ2v) is 5.31. The van der Waals surface area contributed by atoms with Crippen molar-refractivity contribution in [3.8, 4) is 0 Å². The van der Waals surface area contributed by atoms with Gasteiger partial charge < -0.3 is 11.1 Å². The Morgan fingerprint density at radius 2 is 2.11 bits per heavy atom. The second kappa shape index (κ2) is 5.65. The average molecular weight is 343 g/mol. The molecule has 6 heteroatoms. The number of hydrogen-bond donors (Lipinski definition) is 2. The zero-order valence-corrected chi connectivity index (χ0v) is 12.3. The molecule has 3 nitrogen and oxygen atoms in total. The first kappa shape index (κ1) is 13.3. The lowest BCUT2D eigenvalue weighted by atomic mass is 10.2. The Hall–Kier alpha value is -1.17. The van der Waals surface area contributed by atoms with Gasteiger partial charge in [-0.05, 0) is 30.3 Å². The first-order valence-corrected chi connectivity index (χ1v) is 6.62. The molecule has 0 atom stereocenters.